The first kappa shape index (κ1) is 45.3. The molecule has 64 heavy (non-hydrogen) atoms. The van der Waals surface area contributed by atoms with Crippen molar-refractivity contribution in [1.29, 1.82) is 0 Å². The predicted molar refractivity (Wildman–Crippen MR) is 251 cm³/mol. The molecule has 0 aliphatic carbocycles. The summed E-state index contributed by atoms with van der Waals surface area (Å²) in [6.45, 7) is 4.62. The third-order valence-corrected chi connectivity index (χ3v) is 12.0. The number of piperidine rings is 1. The molecule has 1 saturated heterocycles. The molecule has 2 heterocycles. The number of aromatic nitrogens is 1. The van der Waals surface area contributed by atoms with Crippen LogP contribution in [0.15, 0.2) is 132 Å². The summed E-state index contributed by atoms with van der Waals surface area (Å²) in [4.78, 5) is 57.2. The number of rotatable bonds is 17. The smallest absolute Gasteiger partial charge is 0.411 e. The summed E-state index contributed by atoms with van der Waals surface area (Å²) in [5.41, 5.74) is 7.07. The predicted octanol–water partition coefficient (Wildman–Crippen LogP) is 8.52. The number of pyridine rings is 1. The van der Waals surface area contributed by atoms with Crippen molar-refractivity contribution in [1.82, 2.24) is 15.2 Å². The lowest BCUT2D eigenvalue weighted by Crippen LogP contribution is -2.40. The lowest BCUT2D eigenvalue weighted by atomic mass is 9.92. The van der Waals surface area contributed by atoms with Crippen molar-refractivity contribution >= 4 is 40.2 Å². The van der Waals surface area contributed by atoms with Crippen LogP contribution in [0.2, 0.25) is 0 Å². The number of benzene rings is 5. The highest BCUT2D eigenvalue weighted by molar-refractivity contribution is 5.93. The van der Waals surface area contributed by atoms with Gasteiger partial charge in [-0.25, -0.2) is 4.79 Å². The van der Waals surface area contributed by atoms with E-state index >= 15 is 0 Å². The van der Waals surface area contributed by atoms with E-state index in [1.807, 2.05) is 91.0 Å². The quantitative estimate of drug-likeness (QED) is 0.0609. The van der Waals surface area contributed by atoms with Gasteiger partial charge < -0.3 is 35.1 Å². The van der Waals surface area contributed by atoms with Gasteiger partial charge in [-0.3, -0.25) is 19.7 Å². The number of aromatic amines is 1. The van der Waals surface area contributed by atoms with Gasteiger partial charge in [0, 0.05) is 62.4 Å². The number of ether oxygens (including phenoxy) is 1. The van der Waals surface area contributed by atoms with Gasteiger partial charge in [0.05, 0.1) is 23.7 Å². The fourth-order valence-electron chi connectivity index (χ4n) is 8.37. The fourth-order valence-corrected chi connectivity index (χ4v) is 8.37. The Morgan fingerprint density at radius 2 is 1.58 bits per heavy atom. The maximum absolute atomic E-state index is 13.2. The molecule has 6 aromatic rings. The van der Waals surface area contributed by atoms with Crippen LogP contribution in [0.3, 0.4) is 0 Å². The SMILES string of the molecule is C[C@H](CC[C@H](O)c1ccc(O)c2[nH]c(=O)ccc12)Cc1cccc(CNC(=O)Cc2ccc(N(C)C(=O)CCN3CCC(OC(=O)Nc4ccccc4-c4ccccc4)CC3)cc2)c1. The number of carbonyl (C=O) groups is 3. The van der Waals surface area contributed by atoms with Crippen molar-refractivity contribution in [2.45, 2.75) is 70.6 Å². The molecule has 0 saturated carbocycles. The molecular weight excluding hydrogens is 807 g/mol. The molecule has 7 rings (SSSR count). The van der Waals surface area contributed by atoms with Crippen LogP contribution in [0.4, 0.5) is 16.2 Å². The summed E-state index contributed by atoms with van der Waals surface area (Å²) in [5, 5.41) is 27.8. The van der Waals surface area contributed by atoms with Gasteiger partial charge in [0.25, 0.3) is 0 Å². The number of aromatic hydroxyl groups is 1. The van der Waals surface area contributed by atoms with Crippen LogP contribution in [-0.4, -0.2) is 70.8 Å². The molecule has 1 aliphatic heterocycles. The van der Waals surface area contributed by atoms with E-state index < -0.39 is 12.2 Å². The van der Waals surface area contributed by atoms with Gasteiger partial charge in [0.2, 0.25) is 17.4 Å². The van der Waals surface area contributed by atoms with Crippen molar-refractivity contribution in [3.05, 3.63) is 160 Å². The number of nitrogens with one attached hydrogen (secondary N) is 3. The molecule has 12 heteroatoms. The van der Waals surface area contributed by atoms with E-state index in [9.17, 15) is 29.4 Å². The van der Waals surface area contributed by atoms with Crippen LogP contribution in [0.5, 0.6) is 5.75 Å². The second kappa shape index (κ2) is 21.5. The van der Waals surface area contributed by atoms with E-state index in [2.05, 4.69) is 39.6 Å². The molecule has 0 bridgehead atoms. The second-order valence-electron chi connectivity index (χ2n) is 16.8. The van der Waals surface area contributed by atoms with Gasteiger partial charge in [-0.15, -0.1) is 0 Å². The highest BCUT2D eigenvalue weighted by Crippen LogP contribution is 2.32. The van der Waals surface area contributed by atoms with Gasteiger partial charge in [0.1, 0.15) is 11.9 Å². The average molecular weight is 864 g/mol. The molecule has 5 aromatic carbocycles. The molecular formula is C52H57N5O7. The standard InChI is InChI=1S/C52H57N5O7/c1-35(15-22-46(58)43-20-23-47(59)51-44(43)21-24-48(60)55-51)31-37-9-8-10-38(32-37)34-53-49(61)33-36-16-18-40(19-17-36)56(2)50(62)27-30-57-28-25-41(26-29-57)64-52(63)54-45-14-7-6-13-42(45)39-11-4-3-5-12-39/h3-14,16-21,23-24,32,35,41,46,58-59H,15,22,25-31,33-34H2,1-2H3,(H,53,61)(H,54,63)(H,55,60)/t35-,46+/m1/s1. The number of aliphatic hydroxyl groups is 1. The van der Waals surface area contributed by atoms with Gasteiger partial charge in [-0.2, -0.15) is 0 Å². The molecule has 12 nitrogen and oxygen atoms in total. The molecule has 1 aliphatic rings. The number of para-hydroxylation sites is 1. The van der Waals surface area contributed by atoms with Crippen molar-refractivity contribution in [2.24, 2.45) is 5.92 Å². The average Bonchev–Trinajstić information content (AvgIpc) is 3.30. The molecule has 2 atom stereocenters. The van der Waals surface area contributed by atoms with Crippen LogP contribution in [0.1, 0.15) is 67.4 Å². The number of hydrogen-bond acceptors (Lipinski definition) is 8. The Hall–Kier alpha value is -6.76. The molecule has 3 amide bonds. The minimum absolute atomic E-state index is 0.00285. The second-order valence-corrected chi connectivity index (χ2v) is 16.8. The molecule has 5 N–H and O–H groups in total. The van der Waals surface area contributed by atoms with Gasteiger partial charge in [-0.05, 0) is 96.2 Å². The summed E-state index contributed by atoms with van der Waals surface area (Å²) in [6, 6.07) is 39.4. The number of carbonyl (C=O) groups excluding carboxylic acids is 3. The molecule has 0 unspecified atom stereocenters. The minimum atomic E-state index is -0.746. The maximum Gasteiger partial charge on any atom is 0.411 e. The van der Waals surface area contributed by atoms with E-state index in [0.717, 1.165) is 59.4 Å². The third-order valence-electron chi connectivity index (χ3n) is 12.0. The lowest BCUT2D eigenvalue weighted by molar-refractivity contribution is -0.120. The fraction of sp³-hybridized carbons (Fsp3) is 0.308. The zero-order valence-electron chi connectivity index (χ0n) is 36.5. The highest BCUT2D eigenvalue weighted by Gasteiger charge is 2.24. The Morgan fingerprint density at radius 3 is 2.36 bits per heavy atom. The van der Waals surface area contributed by atoms with Gasteiger partial charge in [0.15, 0.2) is 0 Å². The number of aliphatic hydroxyl groups excluding tert-OH is 1. The van der Waals surface area contributed by atoms with E-state index in [-0.39, 0.29) is 41.6 Å². The summed E-state index contributed by atoms with van der Waals surface area (Å²) in [7, 11) is 1.77. The molecule has 0 radical (unpaired) electrons. The monoisotopic (exact) mass is 863 g/mol. The van der Waals surface area contributed by atoms with Crippen LogP contribution < -0.4 is 21.1 Å². The van der Waals surface area contributed by atoms with E-state index in [0.29, 0.717) is 60.9 Å². The first-order valence-corrected chi connectivity index (χ1v) is 22.1. The Kier molecular flexibility index (Phi) is 15.2. The lowest BCUT2D eigenvalue weighted by Gasteiger charge is -2.31. The summed E-state index contributed by atoms with van der Waals surface area (Å²) in [5.74, 6) is 0.147. The van der Waals surface area contributed by atoms with Crippen LogP contribution in [0, 0.1) is 5.92 Å². The first-order valence-electron chi connectivity index (χ1n) is 22.1. The first-order chi connectivity index (χ1) is 31.0. The van der Waals surface area contributed by atoms with Crippen molar-refractivity contribution in [3.63, 3.8) is 0 Å². The summed E-state index contributed by atoms with van der Waals surface area (Å²) in [6.07, 6.45) is 2.66. The van der Waals surface area contributed by atoms with Crippen LogP contribution in [0.25, 0.3) is 22.0 Å². The van der Waals surface area contributed by atoms with E-state index in [1.165, 1.54) is 12.1 Å². The normalized spacial score (nSPS) is 14.1. The maximum atomic E-state index is 13.2. The summed E-state index contributed by atoms with van der Waals surface area (Å²) < 4.78 is 5.78. The van der Waals surface area contributed by atoms with Crippen LogP contribution >= 0.6 is 0 Å². The number of fused-ring (bicyclic) bond motifs is 1. The molecule has 1 aromatic heterocycles. The number of anilines is 2. The van der Waals surface area contributed by atoms with Crippen molar-refractivity contribution < 1.29 is 29.3 Å². The number of nitrogens with zero attached hydrogens (tertiary/aromatic N) is 2. The number of phenols is 1. The Balaban J connectivity index is 0.790. The number of likely N-dealkylation sites (tertiary alicyclic amines) is 1. The largest absolute Gasteiger partial charge is 0.506 e. The van der Waals surface area contributed by atoms with Crippen molar-refractivity contribution in [2.75, 3.05) is 36.9 Å². The molecule has 0 spiro atoms. The third kappa shape index (κ3) is 12.2. The zero-order chi connectivity index (χ0) is 45.0. The minimum Gasteiger partial charge on any atom is -0.506 e. The molecule has 332 valence electrons. The van der Waals surface area contributed by atoms with Crippen molar-refractivity contribution in [3.8, 4) is 16.9 Å². The van der Waals surface area contributed by atoms with E-state index in [4.69, 9.17) is 4.74 Å². The van der Waals surface area contributed by atoms with Crippen LogP contribution in [-0.2, 0) is 33.7 Å². The van der Waals surface area contributed by atoms with E-state index in [1.54, 1.807) is 24.1 Å². The Morgan fingerprint density at radius 1 is 0.844 bits per heavy atom. The van der Waals surface area contributed by atoms with Gasteiger partial charge in [-0.1, -0.05) is 97.9 Å². The number of phenolic OH excluding ortho intramolecular Hbond substituents is 1. The topological polar surface area (TPSA) is 164 Å². The zero-order valence-corrected chi connectivity index (χ0v) is 36.5. The number of amides is 3. The summed E-state index contributed by atoms with van der Waals surface area (Å²) >= 11 is 0. The number of hydrogen-bond donors (Lipinski definition) is 5. The Bertz CT molecular complexity index is 2590. The Labute approximate surface area is 373 Å². The molecule has 1 fully saturated rings. The highest BCUT2D eigenvalue weighted by atomic mass is 16.6. The number of H-pyrrole nitrogens is 1. The van der Waals surface area contributed by atoms with Gasteiger partial charge >= 0.3 is 6.09 Å².